The predicted molar refractivity (Wildman–Crippen MR) is 332 cm³/mol. The lowest BCUT2D eigenvalue weighted by molar-refractivity contribution is -0.141. The second-order valence-electron chi connectivity index (χ2n) is 23.8. The number of aromatic nitrogens is 4. The van der Waals surface area contributed by atoms with Crippen LogP contribution in [0.4, 0.5) is 16.2 Å². The maximum atomic E-state index is 13.8. The number of unbranched alkanes of at least 4 members (excludes halogenated alkanes) is 6. The number of carboxylic acids is 2. The molecule has 0 unspecified atom stereocenters. The fourth-order valence-corrected chi connectivity index (χ4v) is 10.9. The molecule has 6 aromatic rings. The number of benzene rings is 4. The van der Waals surface area contributed by atoms with Crippen LogP contribution in [0, 0.1) is 0 Å². The Morgan fingerprint density at radius 1 is 0.629 bits per heavy atom. The van der Waals surface area contributed by atoms with Gasteiger partial charge in [-0.05, 0) is 125 Å². The summed E-state index contributed by atoms with van der Waals surface area (Å²) in [7, 11) is 3.36. The van der Waals surface area contributed by atoms with Crippen LogP contribution in [-0.4, -0.2) is 167 Å². The highest BCUT2D eigenvalue weighted by molar-refractivity contribution is 5.97. The molecule has 0 saturated heterocycles. The van der Waals surface area contributed by atoms with Gasteiger partial charge in [-0.25, -0.2) is 14.8 Å². The molecule has 0 fully saturated rings. The molecule has 89 heavy (non-hydrogen) atoms. The SMILES string of the molecule is CN(Cc1nc2ccccc2[nH]1)C(=O)c1ccc2c(c1)CN(CCCCCCNC(=O)CC[C@@H](NC(=O)OC(C)(C)C)C(=O)NCCCCCCN1Cc3cc(C(=O)N(C)Cc4nc5ccccc5[nH]4)ccc3N[C@H](CC(=O)O)C1=O)C(=O)[C@H](CC(=O)O)N2. The molecular weight excluding hydrogens is 1140 g/mol. The van der Waals surface area contributed by atoms with Gasteiger partial charge in [0.15, 0.2) is 0 Å². The lowest BCUT2D eigenvalue weighted by Gasteiger charge is -2.24. The highest BCUT2D eigenvalue weighted by Crippen LogP contribution is 2.29. The number of imidazole rings is 2. The van der Waals surface area contributed by atoms with Crippen molar-refractivity contribution in [3.05, 3.63) is 119 Å². The first-order valence-electron chi connectivity index (χ1n) is 30.3. The Morgan fingerprint density at radius 2 is 1.08 bits per heavy atom. The van der Waals surface area contributed by atoms with Gasteiger partial charge >= 0.3 is 18.0 Å². The third-order valence-corrected chi connectivity index (χ3v) is 15.4. The number of hydrogen-bond donors (Lipinski definition) is 9. The number of H-pyrrole nitrogens is 2. The molecular formula is C64H81N13O12. The van der Waals surface area contributed by atoms with E-state index in [4.69, 9.17) is 4.74 Å². The van der Waals surface area contributed by atoms with Crippen LogP contribution in [0.1, 0.15) is 141 Å². The molecule has 474 valence electrons. The first-order chi connectivity index (χ1) is 42.6. The second-order valence-corrected chi connectivity index (χ2v) is 23.8. The number of rotatable bonds is 29. The average molecular weight is 1220 g/mol. The molecule has 4 aromatic carbocycles. The maximum absolute atomic E-state index is 13.8. The molecule has 0 aliphatic carbocycles. The molecule has 0 radical (unpaired) electrons. The fraction of sp³-hybridized carbons (Fsp3) is 0.453. The predicted octanol–water partition coefficient (Wildman–Crippen LogP) is 6.91. The minimum absolute atomic E-state index is 0.00394. The Bertz CT molecular complexity index is 3470. The van der Waals surface area contributed by atoms with Gasteiger partial charge in [0.25, 0.3) is 11.8 Å². The molecule has 0 bridgehead atoms. The summed E-state index contributed by atoms with van der Waals surface area (Å²) in [5.41, 5.74) is 5.78. The molecule has 2 aromatic heterocycles. The van der Waals surface area contributed by atoms with Crippen LogP contribution in [0.2, 0.25) is 0 Å². The number of carbonyl (C=O) groups is 9. The number of amides is 7. The number of nitrogens with zero attached hydrogens (tertiary/aromatic N) is 6. The van der Waals surface area contributed by atoms with Gasteiger partial charge in [0.05, 0.1) is 48.0 Å². The van der Waals surface area contributed by atoms with Crippen molar-refractivity contribution < 1.29 is 58.1 Å². The highest BCUT2D eigenvalue weighted by Gasteiger charge is 2.34. The standard InChI is InChI=1S/C64H81N13O12/c1-64(2,3)89-63(88)73-50(58(83)66-29-15-7-9-17-31-77-37-43-33-41(23-25-45(43)68-52(62(77)87)35-57(81)82)60(85)75(5)39-54-71-48-20-12-13-21-49(48)72-54)26-27-55(78)65-28-14-6-8-16-30-76-36-42-32-40(22-24-44(42)67-51(61(76)86)34-56(79)80)59(84)74(4)38-53-69-46-18-10-11-19-47(46)70-53/h10-13,18-25,32-33,50-52,67-68H,6-9,14-17,26-31,34-39H2,1-5H3,(H,65,78)(H,66,83)(H,69,70)(H,71,72)(H,73,88)(H,79,80)(H,81,82)/t50-,51+,52-/m1/s1. The number of hydrogen-bond acceptors (Lipinski definition) is 14. The maximum Gasteiger partial charge on any atom is 0.408 e. The van der Waals surface area contributed by atoms with E-state index in [1.807, 2.05) is 48.5 Å². The Labute approximate surface area is 516 Å². The van der Waals surface area contributed by atoms with Crippen molar-refractivity contribution in [1.29, 1.82) is 0 Å². The molecule has 4 heterocycles. The van der Waals surface area contributed by atoms with Gasteiger partial charge < -0.3 is 71.1 Å². The molecule has 25 heteroatoms. The van der Waals surface area contributed by atoms with Crippen LogP contribution < -0.4 is 26.6 Å². The lowest BCUT2D eigenvalue weighted by Crippen LogP contribution is -2.48. The summed E-state index contributed by atoms with van der Waals surface area (Å²) in [5.74, 6) is -3.03. The molecule has 3 atom stereocenters. The summed E-state index contributed by atoms with van der Waals surface area (Å²) in [6.07, 6.45) is 3.38. The van der Waals surface area contributed by atoms with Crippen molar-refractivity contribution in [2.24, 2.45) is 0 Å². The number of ether oxygens (including phenoxy) is 1. The van der Waals surface area contributed by atoms with Gasteiger partial charge in [-0.15, -0.1) is 0 Å². The molecule has 9 N–H and O–H groups in total. The minimum atomic E-state index is -1.13. The Hall–Kier alpha value is -9.55. The van der Waals surface area contributed by atoms with E-state index in [1.54, 1.807) is 90.9 Å². The zero-order valence-corrected chi connectivity index (χ0v) is 51.1. The number of fused-ring (bicyclic) bond motifs is 4. The summed E-state index contributed by atoms with van der Waals surface area (Å²) >= 11 is 0. The van der Waals surface area contributed by atoms with Crippen LogP contribution >= 0.6 is 0 Å². The quantitative estimate of drug-likeness (QED) is 0.0216. The van der Waals surface area contributed by atoms with E-state index >= 15 is 0 Å². The Balaban J connectivity index is 0.756. The average Bonchev–Trinajstić information content (AvgIpc) is 2.76. The summed E-state index contributed by atoms with van der Waals surface area (Å²) in [6, 6.07) is 22.3. The highest BCUT2D eigenvalue weighted by atomic mass is 16.6. The van der Waals surface area contributed by atoms with Crippen LogP contribution in [0.15, 0.2) is 84.9 Å². The van der Waals surface area contributed by atoms with E-state index in [1.165, 1.54) is 0 Å². The monoisotopic (exact) mass is 1220 g/mol. The molecule has 7 amide bonds. The normalized spacial score (nSPS) is 15.2. The Kier molecular flexibility index (Phi) is 22.3. The van der Waals surface area contributed by atoms with E-state index < -0.39 is 60.5 Å². The van der Waals surface area contributed by atoms with E-state index in [2.05, 4.69) is 46.5 Å². The van der Waals surface area contributed by atoms with Gasteiger partial charge in [-0.2, -0.15) is 0 Å². The van der Waals surface area contributed by atoms with Gasteiger partial charge in [0.2, 0.25) is 23.6 Å². The zero-order chi connectivity index (χ0) is 63.8. The summed E-state index contributed by atoms with van der Waals surface area (Å²) in [5, 5.41) is 33.9. The largest absolute Gasteiger partial charge is 0.481 e. The molecule has 25 nitrogen and oxygen atoms in total. The molecule has 0 spiro atoms. The first kappa shape index (κ1) is 65.4. The van der Waals surface area contributed by atoms with Crippen LogP contribution in [0.5, 0.6) is 0 Å². The molecule has 0 saturated carbocycles. The summed E-state index contributed by atoms with van der Waals surface area (Å²) in [4.78, 5) is 140. The fourth-order valence-electron chi connectivity index (χ4n) is 10.9. The van der Waals surface area contributed by atoms with Gasteiger partial charge in [-0.3, -0.25) is 38.4 Å². The Morgan fingerprint density at radius 3 is 1.53 bits per heavy atom. The van der Waals surface area contributed by atoms with E-state index in [9.17, 15) is 53.4 Å². The van der Waals surface area contributed by atoms with E-state index in [-0.39, 0.29) is 75.1 Å². The molecule has 2 aliphatic rings. The van der Waals surface area contributed by atoms with Crippen molar-refractivity contribution in [2.75, 3.05) is 50.9 Å². The van der Waals surface area contributed by atoms with Crippen molar-refractivity contribution in [3.8, 4) is 0 Å². The number of aromatic amines is 2. The number of alkyl carbamates (subject to hydrolysis) is 1. The topological polar surface area (TPSA) is 334 Å². The lowest BCUT2D eigenvalue weighted by atomic mass is 10.1. The van der Waals surface area contributed by atoms with Crippen molar-refractivity contribution in [2.45, 2.75) is 148 Å². The number of nitrogens with one attached hydrogen (secondary N) is 7. The van der Waals surface area contributed by atoms with Crippen LogP contribution in [-0.2, 0) is 59.7 Å². The number of aliphatic carboxylic acids is 2. The van der Waals surface area contributed by atoms with Crippen molar-refractivity contribution in [1.82, 2.24) is 55.5 Å². The van der Waals surface area contributed by atoms with Crippen LogP contribution in [0.3, 0.4) is 0 Å². The second kappa shape index (κ2) is 30.4. The molecule has 2 aliphatic heterocycles. The minimum Gasteiger partial charge on any atom is -0.481 e. The van der Waals surface area contributed by atoms with Gasteiger partial charge in [0.1, 0.15) is 35.4 Å². The molecule has 8 rings (SSSR count). The smallest absolute Gasteiger partial charge is 0.408 e. The van der Waals surface area contributed by atoms with E-state index in [0.29, 0.717) is 116 Å². The summed E-state index contributed by atoms with van der Waals surface area (Å²) < 4.78 is 5.43. The number of para-hydroxylation sites is 4. The van der Waals surface area contributed by atoms with Crippen molar-refractivity contribution in [3.63, 3.8) is 0 Å². The van der Waals surface area contributed by atoms with Crippen molar-refractivity contribution >= 4 is 86.9 Å². The van der Waals surface area contributed by atoms with Crippen LogP contribution in [0.25, 0.3) is 22.1 Å². The number of carbonyl (C=O) groups excluding carboxylic acids is 7. The number of carboxylic acid groups (broad SMARTS) is 2. The van der Waals surface area contributed by atoms with Gasteiger partial charge in [0, 0.05) is 82.3 Å². The zero-order valence-electron chi connectivity index (χ0n) is 51.1. The summed E-state index contributed by atoms with van der Waals surface area (Å²) in [6.45, 7) is 7.17. The third kappa shape index (κ3) is 18.7. The third-order valence-electron chi connectivity index (χ3n) is 15.4. The van der Waals surface area contributed by atoms with E-state index in [0.717, 1.165) is 22.1 Å². The first-order valence-corrected chi connectivity index (χ1v) is 30.3. The number of anilines is 2. The van der Waals surface area contributed by atoms with Gasteiger partial charge in [-0.1, -0.05) is 49.9 Å².